The van der Waals surface area contributed by atoms with E-state index in [0.717, 1.165) is 30.4 Å². The Balaban J connectivity index is 1.38. The second-order valence-electron chi connectivity index (χ2n) is 16.9. The molecule has 2 saturated heterocycles. The van der Waals surface area contributed by atoms with E-state index in [9.17, 15) is 14.4 Å². The Labute approximate surface area is 301 Å². The van der Waals surface area contributed by atoms with E-state index in [1.165, 1.54) is 0 Å². The largest absolute Gasteiger partial charge is 0.465 e. The maximum atomic E-state index is 13.4. The molecule has 5 atom stereocenters. The minimum Gasteiger partial charge on any atom is -0.465 e. The highest BCUT2D eigenvalue weighted by molar-refractivity contribution is 6.74. The van der Waals surface area contributed by atoms with Gasteiger partial charge in [-0.1, -0.05) is 88.4 Å². The van der Waals surface area contributed by atoms with Gasteiger partial charge in [-0.25, -0.2) is 0 Å². The molecule has 0 N–H and O–H groups in total. The van der Waals surface area contributed by atoms with Crippen LogP contribution in [-0.2, 0) is 37.8 Å². The number of carbonyl (C=O) groups excluding carboxylic acids is 3. The number of rotatable bonds is 15. The Kier molecular flexibility index (Phi) is 13.3. The highest BCUT2D eigenvalue weighted by atomic mass is 28.4. The second kappa shape index (κ2) is 16.7. The second-order valence-corrected chi connectivity index (χ2v) is 21.7. The van der Waals surface area contributed by atoms with E-state index in [4.69, 9.17) is 23.4 Å². The summed E-state index contributed by atoms with van der Waals surface area (Å²) in [7, 11) is -2.09. The van der Waals surface area contributed by atoms with Crippen molar-refractivity contribution in [2.75, 3.05) is 13.2 Å². The topological polar surface area (TPSA) is 97.4 Å². The molecule has 0 amide bonds. The Bertz CT molecular complexity index is 1370. The van der Waals surface area contributed by atoms with Gasteiger partial charge in [-0.15, -0.1) is 0 Å². The fourth-order valence-electron chi connectivity index (χ4n) is 6.44. The van der Waals surface area contributed by atoms with E-state index in [2.05, 4.69) is 33.9 Å². The van der Waals surface area contributed by atoms with E-state index in [1.807, 2.05) is 88.4 Å². The molecule has 0 spiro atoms. The van der Waals surface area contributed by atoms with Crippen LogP contribution in [0.5, 0.6) is 0 Å². The maximum Gasteiger partial charge on any atom is 0.314 e. The van der Waals surface area contributed by atoms with Crippen molar-refractivity contribution in [1.82, 2.24) is 0 Å². The van der Waals surface area contributed by atoms with Crippen molar-refractivity contribution in [2.24, 2.45) is 11.3 Å². The molecular formula is C41H60O8Si. The van der Waals surface area contributed by atoms with Gasteiger partial charge in [0.15, 0.2) is 14.4 Å². The van der Waals surface area contributed by atoms with Gasteiger partial charge >= 0.3 is 11.9 Å². The zero-order chi connectivity index (χ0) is 36.7. The van der Waals surface area contributed by atoms with Gasteiger partial charge in [-0.05, 0) is 82.1 Å². The number of ether oxygens (including phenoxy) is 4. The fraction of sp³-hybridized carbons (Fsp3) is 0.634. The fourth-order valence-corrected chi connectivity index (χ4v) is 7.48. The van der Waals surface area contributed by atoms with Crippen LogP contribution in [0.25, 0.3) is 0 Å². The van der Waals surface area contributed by atoms with Crippen LogP contribution < -0.4 is 0 Å². The molecule has 0 bridgehead atoms. The molecular weight excluding hydrogens is 649 g/mol. The predicted molar refractivity (Wildman–Crippen MR) is 197 cm³/mol. The molecule has 8 nitrogen and oxygen atoms in total. The number of benzene rings is 2. The molecule has 2 aromatic carbocycles. The zero-order valence-electron chi connectivity index (χ0n) is 31.8. The molecule has 0 aliphatic carbocycles. The number of carbonyl (C=O) groups is 3. The highest BCUT2D eigenvalue weighted by Gasteiger charge is 2.54. The van der Waals surface area contributed by atoms with Crippen molar-refractivity contribution in [3.63, 3.8) is 0 Å². The van der Waals surface area contributed by atoms with Crippen molar-refractivity contribution < 1.29 is 37.8 Å². The lowest BCUT2D eigenvalue weighted by Gasteiger charge is -2.45. The summed E-state index contributed by atoms with van der Waals surface area (Å²) in [5.74, 6) is -1.28. The van der Waals surface area contributed by atoms with Crippen LogP contribution in [0.3, 0.4) is 0 Å². The average Bonchev–Trinajstić information content (AvgIpc) is 3.42. The van der Waals surface area contributed by atoms with Crippen LogP contribution in [-0.4, -0.2) is 63.2 Å². The lowest BCUT2D eigenvalue weighted by molar-refractivity contribution is -0.184. The Morgan fingerprint density at radius 3 is 2.06 bits per heavy atom. The average molecular weight is 709 g/mol. The SMILES string of the molecule is C[C@H](C[C@H]1CC[C@@H]2OC(CCCOC(=O)C(C)(C)C)C[C@]2(CO[Si](C)(C)C(C)(C)C)O1)C(=O)CC(=O)OC(c1ccccc1)c1ccccc1. The molecule has 1 unspecified atom stereocenters. The maximum absolute atomic E-state index is 13.4. The molecule has 2 heterocycles. The first-order chi connectivity index (χ1) is 23.4. The van der Waals surface area contributed by atoms with Crippen LogP contribution >= 0.6 is 0 Å². The Morgan fingerprint density at radius 2 is 1.50 bits per heavy atom. The van der Waals surface area contributed by atoms with Crippen molar-refractivity contribution >= 4 is 26.0 Å². The number of ketones is 1. The summed E-state index contributed by atoms with van der Waals surface area (Å²) in [6, 6.07) is 19.2. The highest BCUT2D eigenvalue weighted by Crippen LogP contribution is 2.46. The minimum absolute atomic E-state index is 0.0360. The van der Waals surface area contributed by atoms with Gasteiger partial charge in [-0.3, -0.25) is 14.4 Å². The lowest BCUT2D eigenvalue weighted by Crippen LogP contribution is -2.55. The molecule has 0 radical (unpaired) electrons. The van der Waals surface area contributed by atoms with Gasteiger partial charge in [0.2, 0.25) is 0 Å². The van der Waals surface area contributed by atoms with Crippen molar-refractivity contribution in [2.45, 2.75) is 142 Å². The molecule has 0 saturated carbocycles. The Morgan fingerprint density at radius 1 is 0.900 bits per heavy atom. The molecule has 4 rings (SSSR count). The summed E-state index contributed by atoms with van der Waals surface area (Å²) in [6.45, 7) is 19.4. The monoisotopic (exact) mass is 708 g/mol. The molecule has 0 aromatic heterocycles. The van der Waals surface area contributed by atoms with Crippen LogP contribution in [0.4, 0.5) is 0 Å². The summed E-state index contributed by atoms with van der Waals surface area (Å²) in [5, 5.41) is 0.0402. The van der Waals surface area contributed by atoms with Crippen LogP contribution in [0.2, 0.25) is 18.1 Å². The number of esters is 2. The summed E-state index contributed by atoms with van der Waals surface area (Å²) in [6.07, 6.45) is 3.03. The normalized spacial score (nSPS) is 23.3. The molecule has 276 valence electrons. The molecule has 9 heteroatoms. The van der Waals surface area contributed by atoms with E-state index in [1.54, 1.807) is 0 Å². The number of hydrogen-bond donors (Lipinski definition) is 0. The van der Waals surface area contributed by atoms with E-state index in [-0.39, 0.29) is 47.4 Å². The van der Waals surface area contributed by atoms with Crippen molar-refractivity contribution in [3.8, 4) is 0 Å². The summed E-state index contributed by atoms with van der Waals surface area (Å²) >= 11 is 0. The minimum atomic E-state index is -2.09. The van der Waals surface area contributed by atoms with E-state index >= 15 is 0 Å². The molecule has 50 heavy (non-hydrogen) atoms. The van der Waals surface area contributed by atoms with Gasteiger partial charge in [0.05, 0.1) is 36.9 Å². The van der Waals surface area contributed by atoms with Gasteiger partial charge in [0.25, 0.3) is 0 Å². The van der Waals surface area contributed by atoms with Crippen LogP contribution in [0.1, 0.15) is 111 Å². The van der Waals surface area contributed by atoms with Gasteiger partial charge < -0.3 is 23.4 Å². The zero-order valence-corrected chi connectivity index (χ0v) is 32.8. The smallest absolute Gasteiger partial charge is 0.314 e. The first kappa shape index (κ1) is 39.9. The van der Waals surface area contributed by atoms with Crippen LogP contribution in [0, 0.1) is 11.3 Å². The van der Waals surface area contributed by atoms with Gasteiger partial charge in [0.1, 0.15) is 17.8 Å². The van der Waals surface area contributed by atoms with Crippen LogP contribution in [0.15, 0.2) is 60.7 Å². The first-order valence-corrected chi connectivity index (χ1v) is 21.3. The Hall–Kier alpha value is -2.85. The quantitative estimate of drug-likeness (QED) is 0.0784. The van der Waals surface area contributed by atoms with Gasteiger partial charge in [0, 0.05) is 12.3 Å². The third-order valence-corrected chi connectivity index (χ3v) is 15.1. The predicted octanol–water partition coefficient (Wildman–Crippen LogP) is 8.77. The summed E-state index contributed by atoms with van der Waals surface area (Å²) in [4.78, 5) is 38.8. The van der Waals surface area contributed by atoms with Crippen molar-refractivity contribution in [3.05, 3.63) is 71.8 Å². The molecule has 2 aliphatic rings. The number of Topliss-reactive ketones (excluding diaryl/α,β-unsaturated/α-hetero) is 1. The first-order valence-electron chi connectivity index (χ1n) is 18.4. The standard InChI is InChI=1S/C41H60O8Si/c1-29(34(42)26-36(43)48-37(30-17-12-10-13-18-30)31-19-14-11-15-20-31)25-32-22-23-35-41(49-32,28-46-50(8,9)40(5,6)7)27-33(47-35)21-16-24-45-38(44)39(2,3)4/h10-15,17-20,29,32-33,35,37H,16,21-28H2,1-9H3/t29-,32-,33?,35+,41-/m1/s1. The number of fused-ring (bicyclic) bond motifs is 1. The molecule has 2 aliphatic heterocycles. The van der Waals surface area contributed by atoms with Gasteiger partial charge in [-0.2, -0.15) is 0 Å². The third kappa shape index (κ3) is 10.6. The third-order valence-electron chi connectivity index (χ3n) is 10.6. The summed E-state index contributed by atoms with van der Waals surface area (Å²) < 4.78 is 31.8. The van der Waals surface area contributed by atoms with E-state index < -0.39 is 31.4 Å². The van der Waals surface area contributed by atoms with E-state index in [0.29, 0.717) is 32.5 Å². The molecule has 2 aromatic rings. The number of hydrogen-bond acceptors (Lipinski definition) is 8. The summed E-state index contributed by atoms with van der Waals surface area (Å²) in [5.41, 5.74) is 0.556. The molecule has 2 fully saturated rings. The van der Waals surface area contributed by atoms with Crippen molar-refractivity contribution in [1.29, 1.82) is 0 Å². The lowest BCUT2D eigenvalue weighted by atomic mass is 9.84.